The normalized spacial score (nSPS) is 20.0. The smallest absolute Gasteiger partial charge is 0.307 e. The summed E-state index contributed by atoms with van der Waals surface area (Å²) >= 11 is 5.93. The van der Waals surface area contributed by atoms with Gasteiger partial charge in [-0.3, -0.25) is 14.4 Å². The van der Waals surface area contributed by atoms with Gasteiger partial charge in [-0.2, -0.15) is 0 Å². The molecule has 1 aromatic rings. The van der Waals surface area contributed by atoms with Crippen molar-refractivity contribution in [3.05, 3.63) is 35.4 Å². The molecule has 10 heteroatoms. The minimum absolute atomic E-state index is 0.124. The number of sulfonamides is 1. The van der Waals surface area contributed by atoms with E-state index in [-0.39, 0.29) is 17.7 Å². The molecule has 0 bridgehead atoms. The van der Waals surface area contributed by atoms with Gasteiger partial charge < -0.3 is 10.4 Å². The number of hydrogen-bond donors (Lipinski definition) is 3. The molecule has 8 nitrogen and oxygen atoms in total. The third kappa shape index (κ3) is 4.83. The zero-order valence-corrected chi connectivity index (χ0v) is 15.3. The van der Waals surface area contributed by atoms with Crippen molar-refractivity contribution < 1.29 is 27.9 Å². The molecule has 0 saturated carbocycles. The van der Waals surface area contributed by atoms with E-state index in [2.05, 4.69) is 5.32 Å². The van der Waals surface area contributed by atoms with Crippen LogP contribution in [0.4, 0.5) is 5.69 Å². The lowest BCUT2D eigenvalue weighted by atomic mass is 9.82. The third-order valence-corrected chi connectivity index (χ3v) is 5.62. The van der Waals surface area contributed by atoms with E-state index in [4.69, 9.17) is 11.6 Å². The molecule has 0 radical (unpaired) electrons. The fraction of sp³-hybridized carbons (Fsp3) is 0.312. The maximum Gasteiger partial charge on any atom is 0.307 e. The average Bonchev–Trinajstić information content (AvgIpc) is 2.53. The Bertz CT molecular complexity index is 863. The van der Waals surface area contributed by atoms with E-state index in [9.17, 15) is 27.9 Å². The highest BCUT2D eigenvalue weighted by Crippen LogP contribution is 2.32. The first-order valence-corrected chi connectivity index (χ1v) is 9.48. The number of amides is 2. The summed E-state index contributed by atoms with van der Waals surface area (Å²) in [5, 5.41) is 12.3. The Labute approximate surface area is 155 Å². The minimum atomic E-state index is -3.97. The molecule has 1 aromatic carbocycles. The highest BCUT2D eigenvalue weighted by Gasteiger charge is 2.36. The lowest BCUT2D eigenvalue weighted by Gasteiger charge is -2.25. The second kappa shape index (κ2) is 7.88. The van der Waals surface area contributed by atoms with E-state index < -0.39 is 39.6 Å². The number of halogens is 1. The first-order chi connectivity index (χ1) is 12.1. The minimum Gasteiger partial charge on any atom is -0.481 e. The maximum absolute atomic E-state index is 12.4. The van der Waals surface area contributed by atoms with E-state index in [1.165, 1.54) is 24.3 Å². The summed E-state index contributed by atoms with van der Waals surface area (Å²) in [6, 6.07) is 5.15. The van der Waals surface area contributed by atoms with E-state index in [1.807, 2.05) is 4.72 Å². The first-order valence-electron chi connectivity index (χ1n) is 7.62. The molecule has 0 saturated heterocycles. The van der Waals surface area contributed by atoms with Gasteiger partial charge in [0, 0.05) is 17.6 Å². The Morgan fingerprint density at radius 1 is 1.15 bits per heavy atom. The van der Waals surface area contributed by atoms with Crippen LogP contribution in [0.3, 0.4) is 0 Å². The number of rotatable bonds is 5. The van der Waals surface area contributed by atoms with Crippen molar-refractivity contribution in [2.24, 2.45) is 11.8 Å². The van der Waals surface area contributed by atoms with Crippen LogP contribution in [0.1, 0.15) is 19.8 Å². The SMILES string of the molecule is CC(=O)NS(=O)(=O)c1ccc(NC(=O)[C@H]2CC(Cl)=CC[C@H]2C(=O)O)cc1. The lowest BCUT2D eigenvalue weighted by Crippen LogP contribution is -2.35. The Morgan fingerprint density at radius 2 is 1.77 bits per heavy atom. The number of carboxylic acids is 1. The molecule has 0 spiro atoms. The maximum atomic E-state index is 12.4. The van der Waals surface area contributed by atoms with Crippen LogP contribution in [-0.4, -0.2) is 31.3 Å². The van der Waals surface area contributed by atoms with Crippen molar-refractivity contribution in [2.45, 2.75) is 24.7 Å². The van der Waals surface area contributed by atoms with Crippen molar-refractivity contribution >= 4 is 45.1 Å². The van der Waals surface area contributed by atoms with Gasteiger partial charge in [0.25, 0.3) is 10.0 Å². The van der Waals surface area contributed by atoms with Gasteiger partial charge in [0.15, 0.2) is 0 Å². The quantitative estimate of drug-likeness (QED) is 0.689. The molecule has 1 aliphatic carbocycles. The van der Waals surface area contributed by atoms with Gasteiger partial charge in [-0.15, -0.1) is 0 Å². The number of benzene rings is 1. The van der Waals surface area contributed by atoms with Crippen LogP contribution in [0.2, 0.25) is 0 Å². The predicted molar refractivity (Wildman–Crippen MR) is 93.9 cm³/mol. The predicted octanol–water partition coefficient (Wildman–Crippen LogP) is 1.68. The fourth-order valence-corrected chi connectivity index (χ4v) is 3.85. The van der Waals surface area contributed by atoms with Crippen molar-refractivity contribution in [3.63, 3.8) is 0 Å². The topological polar surface area (TPSA) is 130 Å². The van der Waals surface area contributed by atoms with Gasteiger partial charge in [0.1, 0.15) is 0 Å². The third-order valence-electron chi connectivity index (χ3n) is 3.86. The molecule has 0 unspecified atom stereocenters. The fourth-order valence-electron chi connectivity index (χ4n) is 2.60. The Hall–Kier alpha value is -2.39. The van der Waals surface area contributed by atoms with Crippen molar-refractivity contribution in [3.8, 4) is 0 Å². The van der Waals surface area contributed by atoms with E-state index in [1.54, 1.807) is 6.08 Å². The summed E-state index contributed by atoms with van der Waals surface area (Å²) in [4.78, 5) is 34.5. The van der Waals surface area contributed by atoms with Gasteiger partial charge >= 0.3 is 5.97 Å². The van der Waals surface area contributed by atoms with Gasteiger partial charge in [-0.05, 0) is 37.1 Å². The zero-order valence-electron chi connectivity index (χ0n) is 13.7. The van der Waals surface area contributed by atoms with Crippen LogP contribution in [0.15, 0.2) is 40.3 Å². The standard InChI is InChI=1S/C16H17ClN2O6S/c1-9(20)19-26(24,25)12-5-3-11(4-6-12)18-15(21)14-8-10(17)2-7-13(14)16(22)23/h2-6,13-14H,7-8H2,1H3,(H,18,21)(H,19,20)(H,22,23)/t13-,14+/m1/s1. The molecule has 0 aliphatic heterocycles. The van der Waals surface area contributed by atoms with E-state index in [0.29, 0.717) is 10.7 Å². The van der Waals surface area contributed by atoms with Crippen LogP contribution in [0.5, 0.6) is 0 Å². The Morgan fingerprint density at radius 3 is 2.31 bits per heavy atom. The van der Waals surface area contributed by atoms with Crippen LogP contribution >= 0.6 is 11.6 Å². The second-order valence-electron chi connectivity index (χ2n) is 5.82. The summed E-state index contributed by atoms with van der Waals surface area (Å²) in [6.07, 6.45) is 1.88. The largest absolute Gasteiger partial charge is 0.481 e. The number of aliphatic carboxylic acids is 1. The number of allylic oxidation sites excluding steroid dienone is 2. The summed E-state index contributed by atoms with van der Waals surface area (Å²) in [5.74, 6) is -4.02. The number of nitrogens with one attached hydrogen (secondary N) is 2. The molecular weight excluding hydrogens is 384 g/mol. The van der Waals surface area contributed by atoms with Crippen molar-refractivity contribution in [2.75, 3.05) is 5.32 Å². The molecule has 2 atom stereocenters. The molecule has 3 N–H and O–H groups in total. The summed E-state index contributed by atoms with van der Waals surface area (Å²) in [6.45, 7) is 1.08. The summed E-state index contributed by atoms with van der Waals surface area (Å²) in [5.41, 5.74) is 0.298. The number of anilines is 1. The van der Waals surface area contributed by atoms with Crippen LogP contribution in [-0.2, 0) is 24.4 Å². The number of carbonyl (C=O) groups excluding carboxylic acids is 2. The van der Waals surface area contributed by atoms with Gasteiger partial charge in [-0.1, -0.05) is 17.7 Å². The van der Waals surface area contributed by atoms with Crippen molar-refractivity contribution in [1.29, 1.82) is 0 Å². The Kier molecular flexibility index (Phi) is 6.04. The number of hydrogen-bond acceptors (Lipinski definition) is 5. The molecule has 2 rings (SSSR count). The molecule has 26 heavy (non-hydrogen) atoms. The second-order valence-corrected chi connectivity index (χ2v) is 7.99. The monoisotopic (exact) mass is 400 g/mol. The van der Waals surface area contributed by atoms with Crippen LogP contribution in [0.25, 0.3) is 0 Å². The summed E-state index contributed by atoms with van der Waals surface area (Å²) < 4.78 is 25.6. The molecule has 140 valence electrons. The summed E-state index contributed by atoms with van der Waals surface area (Å²) in [7, 11) is -3.97. The van der Waals surface area contributed by atoms with Crippen molar-refractivity contribution in [1.82, 2.24) is 4.72 Å². The van der Waals surface area contributed by atoms with Gasteiger partial charge in [0.05, 0.1) is 16.7 Å². The lowest BCUT2D eigenvalue weighted by molar-refractivity contribution is -0.146. The number of carbonyl (C=O) groups is 3. The van der Waals surface area contributed by atoms with E-state index >= 15 is 0 Å². The molecule has 2 amide bonds. The van der Waals surface area contributed by atoms with Crippen LogP contribution in [0, 0.1) is 11.8 Å². The average molecular weight is 401 g/mol. The van der Waals surface area contributed by atoms with Gasteiger partial charge in [-0.25, -0.2) is 13.1 Å². The zero-order chi connectivity index (χ0) is 19.5. The van der Waals surface area contributed by atoms with E-state index in [0.717, 1.165) is 6.92 Å². The van der Waals surface area contributed by atoms with Gasteiger partial charge in [0.2, 0.25) is 11.8 Å². The molecular formula is C16H17ClN2O6S. The van der Waals surface area contributed by atoms with Crippen LogP contribution < -0.4 is 10.0 Å². The Balaban J connectivity index is 2.13. The molecule has 1 aliphatic rings. The first kappa shape index (κ1) is 19.9. The molecule has 0 fully saturated rings. The highest BCUT2D eigenvalue weighted by molar-refractivity contribution is 7.90. The molecule has 0 heterocycles. The highest BCUT2D eigenvalue weighted by atomic mass is 35.5. The number of carboxylic acid groups (broad SMARTS) is 1. The molecule has 0 aromatic heterocycles.